The van der Waals surface area contributed by atoms with E-state index in [-0.39, 0.29) is 0 Å². The summed E-state index contributed by atoms with van der Waals surface area (Å²) in [7, 11) is 0. The molecular weight excluding hydrogens is 188 g/mol. The zero-order valence-electron chi connectivity index (χ0n) is 8.66. The second-order valence-corrected chi connectivity index (χ2v) is 3.24. The average Bonchev–Trinajstić information content (AvgIpc) is 2.75. The molecule has 15 heavy (non-hydrogen) atoms. The molecule has 1 aromatic carbocycles. The van der Waals surface area contributed by atoms with Crippen LogP contribution in [0.15, 0.2) is 30.3 Å². The highest BCUT2D eigenvalue weighted by molar-refractivity contribution is 5.63. The zero-order valence-corrected chi connectivity index (χ0v) is 8.66. The molecule has 1 aromatic heterocycles. The molecule has 1 heterocycles. The lowest BCUT2D eigenvalue weighted by atomic mass is 10.2. The van der Waals surface area contributed by atoms with E-state index >= 15 is 0 Å². The first-order valence-corrected chi connectivity index (χ1v) is 5.06. The Bertz CT molecular complexity index is 409. The lowest BCUT2D eigenvalue weighted by Crippen LogP contribution is -1.96. The van der Waals surface area contributed by atoms with Gasteiger partial charge in [-0.2, -0.15) is 0 Å². The van der Waals surface area contributed by atoms with Crippen LogP contribution in [0, 0.1) is 6.33 Å². The molecule has 0 fully saturated rings. The number of benzene rings is 1. The van der Waals surface area contributed by atoms with Crippen LogP contribution in [0.5, 0.6) is 5.88 Å². The van der Waals surface area contributed by atoms with Gasteiger partial charge in [-0.25, -0.2) is 4.98 Å². The predicted octanol–water partition coefficient (Wildman–Crippen LogP) is 2.67. The average molecular weight is 201 g/mol. The summed E-state index contributed by atoms with van der Waals surface area (Å²) < 4.78 is 5.53. The van der Waals surface area contributed by atoms with Gasteiger partial charge in [-0.3, -0.25) is 0 Å². The summed E-state index contributed by atoms with van der Waals surface area (Å²) in [5.41, 5.74) is 1.87. The molecule has 1 N–H and O–H groups in total. The molecule has 0 aliphatic carbocycles. The number of aromatic amines is 1. The van der Waals surface area contributed by atoms with Crippen LogP contribution >= 0.6 is 0 Å². The lowest BCUT2D eigenvalue weighted by Gasteiger charge is -2.03. The van der Waals surface area contributed by atoms with E-state index < -0.39 is 0 Å². The topological polar surface area (TPSA) is 37.9 Å². The molecule has 0 saturated carbocycles. The highest BCUT2D eigenvalue weighted by Crippen LogP contribution is 2.25. The molecule has 0 spiro atoms. The van der Waals surface area contributed by atoms with Crippen LogP contribution in [0.1, 0.15) is 13.3 Å². The van der Waals surface area contributed by atoms with Crippen LogP contribution in [0.3, 0.4) is 0 Å². The third-order valence-electron chi connectivity index (χ3n) is 2.05. The van der Waals surface area contributed by atoms with Gasteiger partial charge in [-0.1, -0.05) is 37.3 Å². The van der Waals surface area contributed by atoms with Gasteiger partial charge in [0, 0.05) is 5.56 Å². The van der Waals surface area contributed by atoms with Crippen molar-refractivity contribution in [2.45, 2.75) is 13.3 Å². The van der Waals surface area contributed by atoms with Gasteiger partial charge in [0.05, 0.1) is 6.61 Å². The molecule has 0 amide bonds. The molecule has 0 saturated heterocycles. The number of nitrogens with one attached hydrogen (secondary N) is 1. The van der Waals surface area contributed by atoms with Crippen LogP contribution in [0.25, 0.3) is 11.3 Å². The van der Waals surface area contributed by atoms with E-state index in [1.54, 1.807) is 0 Å². The predicted molar refractivity (Wildman–Crippen MR) is 58.6 cm³/mol. The number of ether oxygens (including phenoxy) is 1. The van der Waals surface area contributed by atoms with E-state index in [1.807, 2.05) is 30.3 Å². The molecule has 0 bridgehead atoms. The van der Waals surface area contributed by atoms with Crippen LogP contribution in [-0.4, -0.2) is 16.6 Å². The van der Waals surface area contributed by atoms with Gasteiger partial charge < -0.3 is 9.72 Å². The number of rotatable bonds is 4. The van der Waals surface area contributed by atoms with Crippen molar-refractivity contribution in [1.82, 2.24) is 9.97 Å². The van der Waals surface area contributed by atoms with Gasteiger partial charge in [0.2, 0.25) is 5.88 Å². The smallest absolute Gasteiger partial charge is 0.219 e. The fraction of sp³-hybridized carbons (Fsp3) is 0.250. The summed E-state index contributed by atoms with van der Waals surface area (Å²) in [6.45, 7) is 2.76. The molecule has 3 nitrogen and oxygen atoms in total. The van der Waals surface area contributed by atoms with Crippen molar-refractivity contribution in [3.63, 3.8) is 0 Å². The first-order valence-electron chi connectivity index (χ1n) is 5.06. The normalized spacial score (nSPS) is 10.2. The fourth-order valence-electron chi connectivity index (χ4n) is 1.34. The largest absolute Gasteiger partial charge is 0.477 e. The van der Waals surface area contributed by atoms with E-state index in [9.17, 15) is 0 Å². The Morgan fingerprint density at radius 1 is 1.33 bits per heavy atom. The Morgan fingerprint density at radius 2 is 2.13 bits per heavy atom. The third-order valence-corrected chi connectivity index (χ3v) is 2.05. The molecule has 3 heteroatoms. The Kier molecular flexibility index (Phi) is 3.02. The maximum absolute atomic E-state index is 5.53. The second kappa shape index (κ2) is 4.64. The molecule has 2 rings (SSSR count). The zero-order chi connectivity index (χ0) is 10.5. The minimum Gasteiger partial charge on any atom is -0.477 e. The van der Waals surface area contributed by atoms with Gasteiger partial charge in [-0.15, -0.1) is 0 Å². The van der Waals surface area contributed by atoms with Gasteiger partial charge in [0.1, 0.15) is 5.69 Å². The molecule has 0 aliphatic rings. The van der Waals surface area contributed by atoms with E-state index in [0.29, 0.717) is 12.5 Å². The molecule has 77 valence electrons. The fourth-order valence-corrected chi connectivity index (χ4v) is 1.34. The van der Waals surface area contributed by atoms with Crippen molar-refractivity contribution in [2.24, 2.45) is 0 Å². The molecule has 0 atom stereocenters. The maximum atomic E-state index is 5.53. The first kappa shape index (κ1) is 9.77. The summed E-state index contributed by atoms with van der Waals surface area (Å²) in [5, 5.41) is 0. The van der Waals surface area contributed by atoms with E-state index in [0.717, 1.165) is 17.7 Å². The summed E-state index contributed by atoms with van der Waals surface area (Å²) in [5.74, 6) is 0.697. The lowest BCUT2D eigenvalue weighted by molar-refractivity contribution is 0.308. The highest BCUT2D eigenvalue weighted by Gasteiger charge is 2.08. The molecule has 0 unspecified atom stereocenters. The summed E-state index contributed by atoms with van der Waals surface area (Å²) >= 11 is 0. The Labute approximate surface area is 89.1 Å². The summed E-state index contributed by atoms with van der Waals surface area (Å²) in [6, 6.07) is 9.94. The Hall–Kier alpha value is -1.77. The van der Waals surface area contributed by atoms with Gasteiger partial charge >= 0.3 is 0 Å². The minimum absolute atomic E-state index is 0.690. The number of imidazole rings is 1. The van der Waals surface area contributed by atoms with Crippen LogP contribution in [-0.2, 0) is 0 Å². The minimum atomic E-state index is 0.690. The van der Waals surface area contributed by atoms with E-state index in [4.69, 9.17) is 4.74 Å². The summed E-state index contributed by atoms with van der Waals surface area (Å²) in [4.78, 5) is 7.01. The maximum Gasteiger partial charge on any atom is 0.219 e. The van der Waals surface area contributed by atoms with Gasteiger partial charge in [0.25, 0.3) is 0 Å². The molecule has 1 radical (unpaired) electrons. The van der Waals surface area contributed by atoms with E-state index in [2.05, 4.69) is 23.2 Å². The Balaban J connectivity index is 2.25. The molecular formula is C12H13N2O. The number of nitrogens with zero attached hydrogens (tertiary/aromatic N) is 1. The third kappa shape index (κ3) is 2.18. The van der Waals surface area contributed by atoms with Gasteiger partial charge in [0.15, 0.2) is 6.33 Å². The van der Waals surface area contributed by atoms with Crippen molar-refractivity contribution < 1.29 is 4.74 Å². The van der Waals surface area contributed by atoms with Crippen molar-refractivity contribution >= 4 is 0 Å². The van der Waals surface area contributed by atoms with Crippen LogP contribution < -0.4 is 4.74 Å². The van der Waals surface area contributed by atoms with E-state index in [1.165, 1.54) is 0 Å². The van der Waals surface area contributed by atoms with Crippen LogP contribution in [0.2, 0.25) is 0 Å². The van der Waals surface area contributed by atoms with Crippen molar-refractivity contribution in [3.8, 4) is 17.1 Å². The van der Waals surface area contributed by atoms with Crippen molar-refractivity contribution in [2.75, 3.05) is 6.61 Å². The molecule has 2 aromatic rings. The second-order valence-electron chi connectivity index (χ2n) is 3.24. The Morgan fingerprint density at radius 3 is 2.87 bits per heavy atom. The number of H-pyrrole nitrogens is 1. The number of aromatic nitrogens is 2. The highest BCUT2D eigenvalue weighted by atomic mass is 16.5. The number of hydrogen-bond donors (Lipinski definition) is 1. The van der Waals surface area contributed by atoms with Crippen LogP contribution in [0.4, 0.5) is 0 Å². The monoisotopic (exact) mass is 201 g/mol. The van der Waals surface area contributed by atoms with Crippen molar-refractivity contribution in [1.29, 1.82) is 0 Å². The standard InChI is InChI=1S/C12H13N2O/c1-2-8-15-12-11(13-9-14-12)10-6-4-3-5-7-10/h3-7H,2,8H2,1H3,(H,13,14). The number of hydrogen-bond acceptors (Lipinski definition) is 2. The SMILES string of the molecule is CCCOc1[nH][c]nc1-c1ccccc1. The quantitative estimate of drug-likeness (QED) is 0.825. The molecule has 0 aliphatic heterocycles. The summed E-state index contributed by atoms with van der Waals surface area (Å²) in [6.07, 6.45) is 3.69. The van der Waals surface area contributed by atoms with Crippen molar-refractivity contribution in [3.05, 3.63) is 36.7 Å². The van der Waals surface area contributed by atoms with Gasteiger partial charge in [-0.05, 0) is 6.42 Å². The first-order chi connectivity index (χ1) is 7.42.